The van der Waals surface area contributed by atoms with Crippen molar-refractivity contribution in [3.8, 4) is 0 Å². The van der Waals surface area contributed by atoms with Crippen molar-refractivity contribution in [1.82, 2.24) is 9.62 Å². The van der Waals surface area contributed by atoms with Crippen LogP contribution in [0, 0.1) is 24.2 Å². The number of aliphatic hydroxyl groups excluding tert-OH is 1. The van der Waals surface area contributed by atoms with Crippen LogP contribution in [0.5, 0.6) is 0 Å². The van der Waals surface area contributed by atoms with Gasteiger partial charge in [-0.25, -0.2) is 4.31 Å². The molecule has 151 valence electrons. The van der Waals surface area contributed by atoms with E-state index < -0.39 is 0 Å². The van der Waals surface area contributed by atoms with Gasteiger partial charge >= 0.3 is 0 Å². The molecule has 3 rings (SSSR count). The van der Waals surface area contributed by atoms with Crippen LogP contribution in [0.2, 0.25) is 0 Å². The molecule has 5 heteroatoms. The zero-order valence-electron chi connectivity index (χ0n) is 16.5. The Hall–Kier alpha value is 0.0344. The molecule has 2 aliphatic rings. The van der Waals surface area contributed by atoms with Gasteiger partial charge in [-0.15, -0.1) is 5.41 Å². The maximum Gasteiger partial charge on any atom is 0.0452 e. The van der Waals surface area contributed by atoms with Crippen LogP contribution in [0.25, 0.3) is 0 Å². The third-order valence-electron chi connectivity index (χ3n) is 6.19. The molecule has 2 atom stereocenters. The van der Waals surface area contributed by atoms with E-state index in [1.807, 2.05) is 0 Å². The van der Waals surface area contributed by atoms with Gasteiger partial charge in [0, 0.05) is 36.6 Å². The van der Waals surface area contributed by atoms with Crippen molar-refractivity contribution >= 4 is 11.9 Å². The fourth-order valence-corrected chi connectivity index (χ4v) is 5.58. The molecule has 1 aliphatic heterocycles. The molecule has 2 unspecified atom stereocenters. The molecule has 1 saturated carbocycles. The molecule has 0 bridgehead atoms. The van der Waals surface area contributed by atoms with Crippen LogP contribution < -0.4 is 5.32 Å². The SMILES string of the molecule is [CH2-]C1(CCNCC2CCCCCC2)CN(Sc2ccccc2)CC1CO.[V]. The number of hydrogen-bond acceptors (Lipinski definition) is 4. The maximum atomic E-state index is 9.88. The van der Waals surface area contributed by atoms with Gasteiger partial charge in [-0.05, 0) is 68.4 Å². The number of rotatable bonds is 8. The van der Waals surface area contributed by atoms with Crippen molar-refractivity contribution in [1.29, 1.82) is 0 Å². The van der Waals surface area contributed by atoms with E-state index in [4.69, 9.17) is 0 Å². The average Bonchev–Trinajstić information content (AvgIpc) is 2.81. The van der Waals surface area contributed by atoms with E-state index in [1.54, 1.807) is 11.9 Å². The summed E-state index contributed by atoms with van der Waals surface area (Å²) in [6.07, 6.45) is 9.48. The average molecular weight is 427 g/mol. The molecule has 27 heavy (non-hydrogen) atoms. The van der Waals surface area contributed by atoms with Gasteiger partial charge in [0.15, 0.2) is 0 Å². The standard InChI is InChI=1S/C22H35N2OS.V/c1-22(13-14-23-15-19-9-5-2-3-6-10-19)18-24(16-20(22)17-25)26-21-11-7-4-8-12-21;/h4,7-8,11-12,19-20,23,25H,1-3,5-6,9-10,13-18H2;/q-1;. The maximum absolute atomic E-state index is 9.88. The summed E-state index contributed by atoms with van der Waals surface area (Å²) in [6.45, 7) is 8.83. The van der Waals surface area contributed by atoms with Gasteiger partial charge in [0.05, 0.1) is 0 Å². The molecule has 0 spiro atoms. The molecular weight excluding hydrogens is 391 g/mol. The Bertz CT molecular complexity index is 524. The van der Waals surface area contributed by atoms with Crippen molar-refractivity contribution in [2.75, 3.05) is 32.8 Å². The molecular formula is C22H35N2OSV-. The van der Waals surface area contributed by atoms with Crippen LogP contribution in [-0.2, 0) is 18.6 Å². The second kappa shape index (κ2) is 11.9. The molecule has 1 aliphatic carbocycles. The molecule has 1 heterocycles. The minimum Gasteiger partial charge on any atom is -0.396 e. The summed E-state index contributed by atoms with van der Waals surface area (Å²) in [4.78, 5) is 1.26. The van der Waals surface area contributed by atoms with Gasteiger partial charge < -0.3 is 17.3 Å². The zero-order valence-corrected chi connectivity index (χ0v) is 18.7. The number of benzene rings is 1. The Morgan fingerprint density at radius 1 is 1.15 bits per heavy atom. The van der Waals surface area contributed by atoms with E-state index in [2.05, 4.69) is 46.9 Å². The fraction of sp³-hybridized carbons (Fsp3) is 0.682. The Kier molecular flexibility index (Phi) is 10.3. The van der Waals surface area contributed by atoms with E-state index in [1.165, 1.54) is 43.4 Å². The third-order valence-corrected chi connectivity index (χ3v) is 7.21. The van der Waals surface area contributed by atoms with E-state index in [9.17, 15) is 5.11 Å². The summed E-state index contributed by atoms with van der Waals surface area (Å²) in [5.41, 5.74) is -0.0486. The van der Waals surface area contributed by atoms with E-state index in [0.29, 0.717) is 0 Å². The summed E-state index contributed by atoms with van der Waals surface area (Å²) in [5.74, 6) is 1.12. The number of nitrogens with one attached hydrogen (secondary N) is 1. The Balaban J connectivity index is 0.00000261. The molecule has 0 amide bonds. The zero-order chi connectivity index (χ0) is 18.2. The molecule has 1 radical (unpaired) electrons. The molecule has 3 nitrogen and oxygen atoms in total. The van der Waals surface area contributed by atoms with Crippen molar-refractivity contribution in [3.05, 3.63) is 37.3 Å². The minimum atomic E-state index is -0.0486. The van der Waals surface area contributed by atoms with Gasteiger partial charge in [0.25, 0.3) is 0 Å². The summed E-state index contributed by atoms with van der Waals surface area (Å²) in [5, 5.41) is 13.6. The topological polar surface area (TPSA) is 35.5 Å². The predicted octanol–water partition coefficient (Wildman–Crippen LogP) is 4.39. The number of nitrogens with zero attached hydrogens (tertiary/aromatic N) is 1. The molecule has 1 aromatic carbocycles. The Morgan fingerprint density at radius 3 is 2.52 bits per heavy atom. The van der Waals surface area contributed by atoms with E-state index >= 15 is 0 Å². The normalized spacial score (nSPS) is 27.3. The van der Waals surface area contributed by atoms with Gasteiger partial charge in [-0.3, -0.25) is 0 Å². The van der Waals surface area contributed by atoms with Gasteiger partial charge in [-0.2, -0.15) is 0 Å². The summed E-state index contributed by atoms with van der Waals surface area (Å²) in [6, 6.07) is 10.5. The third kappa shape index (κ3) is 7.10. The largest absolute Gasteiger partial charge is 0.396 e. The summed E-state index contributed by atoms with van der Waals surface area (Å²) in [7, 11) is 0. The first kappa shape index (κ1) is 23.3. The molecule has 2 N–H and O–H groups in total. The van der Waals surface area contributed by atoms with Crippen LogP contribution in [0.4, 0.5) is 0 Å². The van der Waals surface area contributed by atoms with Crippen molar-refractivity contribution in [2.45, 2.75) is 49.8 Å². The van der Waals surface area contributed by atoms with E-state index in [-0.39, 0.29) is 36.5 Å². The van der Waals surface area contributed by atoms with Crippen LogP contribution in [0.1, 0.15) is 44.9 Å². The summed E-state index contributed by atoms with van der Waals surface area (Å²) >= 11 is 1.80. The second-order valence-electron chi connectivity index (χ2n) is 8.28. The summed E-state index contributed by atoms with van der Waals surface area (Å²) < 4.78 is 2.38. The smallest absolute Gasteiger partial charge is 0.0452 e. The van der Waals surface area contributed by atoms with Gasteiger partial charge in [0.1, 0.15) is 0 Å². The molecule has 2 fully saturated rings. The van der Waals surface area contributed by atoms with Crippen molar-refractivity contribution < 1.29 is 23.7 Å². The Morgan fingerprint density at radius 2 is 1.85 bits per heavy atom. The van der Waals surface area contributed by atoms with Crippen molar-refractivity contribution in [2.24, 2.45) is 17.3 Å². The van der Waals surface area contributed by atoms with Crippen LogP contribution in [0.3, 0.4) is 0 Å². The quantitative estimate of drug-likeness (QED) is 0.280. The monoisotopic (exact) mass is 426 g/mol. The predicted molar refractivity (Wildman–Crippen MR) is 111 cm³/mol. The first-order valence-corrected chi connectivity index (χ1v) is 11.1. The Labute approximate surface area is 182 Å². The van der Waals surface area contributed by atoms with Crippen LogP contribution in [-0.4, -0.2) is 42.2 Å². The van der Waals surface area contributed by atoms with Crippen LogP contribution >= 0.6 is 11.9 Å². The molecule has 1 aromatic rings. The fourth-order valence-electron chi connectivity index (χ4n) is 4.43. The van der Waals surface area contributed by atoms with Crippen LogP contribution in [0.15, 0.2) is 35.2 Å². The molecule has 1 saturated heterocycles. The molecule has 0 aromatic heterocycles. The first-order chi connectivity index (χ1) is 12.7. The number of aliphatic hydroxyl groups is 1. The van der Waals surface area contributed by atoms with E-state index in [0.717, 1.165) is 38.5 Å². The van der Waals surface area contributed by atoms with Gasteiger partial charge in [-0.1, -0.05) is 50.3 Å². The minimum absolute atomic E-state index is 0. The first-order valence-electron chi connectivity index (χ1n) is 10.3. The van der Waals surface area contributed by atoms with Crippen molar-refractivity contribution in [3.63, 3.8) is 0 Å². The number of hydrogen-bond donors (Lipinski definition) is 2. The second-order valence-corrected chi connectivity index (χ2v) is 9.45. The van der Waals surface area contributed by atoms with Gasteiger partial charge in [0.2, 0.25) is 0 Å².